The number of hydrogen-bond donors (Lipinski definition) is 1. The summed E-state index contributed by atoms with van der Waals surface area (Å²) in [6, 6.07) is 8.54. The van der Waals surface area contributed by atoms with Crippen molar-refractivity contribution in [2.75, 3.05) is 12.0 Å². The van der Waals surface area contributed by atoms with Gasteiger partial charge < -0.3 is 14.6 Å². The molecular weight excluding hydrogens is 266 g/mol. The van der Waals surface area contributed by atoms with Gasteiger partial charge in [0.15, 0.2) is 12.1 Å². The molecule has 0 aliphatic carbocycles. The van der Waals surface area contributed by atoms with Crippen LogP contribution < -0.4 is 5.32 Å². The van der Waals surface area contributed by atoms with Crippen LogP contribution in [0, 0.1) is 0 Å². The van der Waals surface area contributed by atoms with Gasteiger partial charge in [-0.2, -0.15) is 0 Å². The van der Waals surface area contributed by atoms with Gasteiger partial charge in [0.1, 0.15) is 5.75 Å². The van der Waals surface area contributed by atoms with Gasteiger partial charge in [-0.1, -0.05) is 41.5 Å². The van der Waals surface area contributed by atoms with Crippen LogP contribution in [-0.4, -0.2) is 40.6 Å². The summed E-state index contributed by atoms with van der Waals surface area (Å²) < 4.78 is 16.2. The molecule has 3 unspecified atom stereocenters. The Kier molecular flexibility index (Phi) is 4.44. The summed E-state index contributed by atoms with van der Waals surface area (Å²) in [7, 11) is 0. The van der Waals surface area contributed by atoms with Crippen LogP contribution in [0.1, 0.15) is 5.56 Å². The Bertz CT molecular complexity index is 463. The van der Waals surface area contributed by atoms with Crippen LogP contribution in [0.4, 0.5) is 0 Å². The Balaban J connectivity index is 1.99. The van der Waals surface area contributed by atoms with Gasteiger partial charge in [0.2, 0.25) is 0 Å². The topological polar surface area (TPSA) is 78.5 Å². The molecule has 1 fully saturated rings. The minimum Gasteiger partial charge on any atom is -0.616 e. The number of rotatable bonds is 4. The summed E-state index contributed by atoms with van der Waals surface area (Å²) in [4.78, 5) is 23.6. The van der Waals surface area contributed by atoms with Crippen molar-refractivity contribution in [1.29, 1.82) is 0 Å². The third-order valence-corrected chi connectivity index (χ3v) is 3.62. The molecule has 3 atom stereocenters. The van der Waals surface area contributed by atoms with Crippen molar-refractivity contribution in [3.63, 3.8) is 0 Å². The van der Waals surface area contributed by atoms with Gasteiger partial charge in [-0.15, -0.1) is 0 Å². The molecule has 1 aliphatic rings. The zero-order chi connectivity index (χ0) is 13.8. The van der Waals surface area contributed by atoms with Crippen LogP contribution in [-0.2, 0) is 31.9 Å². The number of cyclic esters (lactones) is 1. The fourth-order valence-corrected chi connectivity index (χ4v) is 2.60. The first-order valence-electron chi connectivity index (χ1n) is 5.91. The predicted molar refractivity (Wildman–Crippen MR) is 70.9 cm³/mol. The number of ether oxygens (including phenoxy) is 1. The summed E-state index contributed by atoms with van der Waals surface area (Å²) in [6.45, 7) is 0. The van der Waals surface area contributed by atoms with Gasteiger partial charge in [-0.25, -0.2) is 4.79 Å². The molecule has 1 N–H and O–H groups in total. The first-order valence-corrected chi connectivity index (χ1v) is 7.64. The van der Waals surface area contributed by atoms with E-state index in [-0.39, 0.29) is 11.7 Å². The van der Waals surface area contributed by atoms with Crippen LogP contribution in [0.3, 0.4) is 0 Å². The van der Waals surface area contributed by atoms with Gasteiger partial charge in [-0.05, 0) is 5.56 Å². The Morgan fingerprint density at radius 1 is 1.32 bits per heavy atom. The van der Waals surface area contributed by atoms with Crippen LogP contribution in [0.5, 0.6) is 0 Å². The van der Waals surface area contributed by atoms with E-state index in [2.05, 4.69) is 5.32 Å². The Morgan fingerprint density at radius 3 is 2.63 bits per heavy atom. The fraction of sp³-hybridized carbons (Fsp3) is 0.385. The molecule has 0 radical (unpaired) electrons. The number of hydrogen-bond acceptors (Lipinski definition) is 4. The Labute approximate surface area is 114 Å². The molecular formula is C13H15NO4S. The van der Waals surface area contributed by atoms with E-state index in [9.17, 15) is 14.1 Å². The minimum atomic E-state index is -1.16. The first kappa shape index (κ1) is 13.9. The number of benzene rings is 1. The first-order chi connectivity index (χ1) is 9.06. The number of carbonyl (C=O) groups excluding carboxylic acids is 2. The summed E-state index contributed by atoms with van der Waals surface area (Å²) in [5.74, 6) is -0.766. The summed E-state index contributed by atoms with van der Waals surface area (Å²) >= 11 is -1.16. The maximum Gasteiger partial charge on any atom is 0.334 e. The molecule has 6 heteroatoms. The highest BCUT2D eigenvalue weighted by Gasteiger charge is 2.37. The highest BCUT2D eigenvalue weighted by molar-refractivity contribution is 7.90. The SMILES string of the molecule is C[S+]([O-])CC1NC(=O)C(Cc2ccccc2)OC1=O. The predicted octanol–water partition coefficient (Wildman–Crippen LogP) is 0.0178. The highest BCUT2D eigenvalue weighted by Crippen LogP contribution is 2.12. The van der Waals surface area contributed by atoms with Crippen LogP contribution in [0.15, 0.2) is 30.3 Å². The van der Waals surface area contributed by atoms with E-state index in [0.717, 1.165) is 5.56 Å². The second-order valence-electron chi connectivity index (χ2n) is 4.42. The normalized spacial score (nSPS) is 24.5. The number of morpholine rings is 1. The van der Waals surface area contributed by atoms with Gasteiger partial charge in [0.25, 0.3) is 5.91 Å². The quantitative estimate of drug-likeness (QED) is 0.623. The second-order valence-corrected chi connectivity index (χ2v) is 5.90. The van der Waals surface area contributed by atoms with Crippen molar-refractivity contribution in [2.45, 2.75) is 18.6 Å². The molecule has 0 aromatic heterocycles. The van der Waals surface area contributed by atoms with Crippen molar-refractivity contribution in [2.24, 2.45) is 0 Å². The Hall–Kier alpha value is -1.53. The second kappa shape index (κ2) is 6.08. The third-order valence-electron chi connectivity index (χ3n) is 2.82. The average Bonchev–Trinajstić information content (AvgIpc) is 2.36. The van der Waals surface area contributed by atoms with Crippen molar-refractivity contribution < 1.29 is 18.9 Å². The lowest BCUT2D eigenvalue weighted by Crippen LogP contribution is -2.56. The van der Waals surface area contributed by atoms with Crippen molar-refractivity contribution in [1.82, 2.24) is 5.32 Å². The maximum absolute atomic E-state index is 11.8. The maximum atomic E-state index is 11.8. The fourth-order valence-electron chi connectivity index (χ4n) is 1.91. The molecule has 1 aromatic rings. The number of amides is 1. The molecule has 102 valence electrons. The molecule has 1 aliphatic heterocycles. The van der Waals surface area contributed by atoms with Crippen molar-refractivity contribution >= 4 is 23.1 Å². The third kappa shape index (κ3) is 3.71. The largest absolute Gasteiger partial charge is 0.616 e. The van der Waals surface area contributed by atoms with E-state index in [1.807, 2.05) is 30.3 Å². The lowest BCUT2D eigenvalue weighted by molar-refractivity contribution is -0.164. The molecule has 0 saturated carbocycles. The average molecular weight is 281 g/mol. The lowest BCUT2D eigenvalue weighted by atomic mass is 10.1. The van der Waals surface area contributed by atoms with Gasteiger partial charge in [0.05, 0.1) is 6.26 Å². The zero-order valence-corrected chi connectivity index (χ0v) is 11.3. The monoisotopic (exact) mass is 281 g/mol. The molecule has 0 spiro atoms. The standard InChI is InChI=1S/C13H15NO4S/c1-19(17)8-10-13(16)18-11(12(15)14-10)7-9-5-3-2-4-6-9/h2-6,10-11H,7-8H2,1H3,(H,14,15). The summed E-state index contributed by atoms with van der Waals surface area (Å²) in [6.07, 6.45) is 1.02. The molecule has 1 saturated heterocycles. The molecule has 0 bridgehead atoms. The molecule has 2 rings (SSSR count). The van der Waals surface area contributed by atoms with E-state index in [1.165, 1.54) is 6.26 Å². The summed E-state index contributed by atoms with van der Waals surface area (Å²) in [5, 5.41) is 2.56. The zero-order valence-electron chi connectivity index (χ0n) is 10.5. The molecule has 5 nitrogen and oxygen atoms in total. The smallest absolute Gasteiger partial charge is 0.334 e. The highest BCUT2D eigenvalue weighted by atomic mass is 32.2. The van der Waals surface area contributed by atoms with E-state index in [4.69, 9.17) is 4.74 Å². The van der Waals surface area contributed by atoms with Crippen LogP contribution >= 0.6 is 0 Å². The number of carbonyl (C=O) groups is 2. The van der Waals surface area contributed by atoms with E-state index in [0.29, 0.717) is 6.42 Å². The van der Waals surface area contributed by atoms with Crippen molar-refractivity contribution in [3.8, 4) is 0 Å². The van der Waals surface area contributed by atoms with Gasteiger partial charge >= 0.3 is 5.97 Å². The van der Waals surface area contributed by atoms with Crippen LogP contribution in [0.2, 0.25) is 0 Å². The Morgan fingerprint density at radius 2 is 2.00 bits per heavy atom. The molecule has 1 aromatic carbocycles. The minimum absolute atomic E-state index is 0.0859. The molecule has 1 amide bonds. The number of nitrogens with one attached hydrogen (secondary N) is 1. The molecule has 1 heterocycles. The van der Waals surface area contributed by atoms with E-state index >= 15 is 0 Å². The van der Waals surface area contributed by atoms with Gasteiger partial charge in [0, 0.05) is 6.42 Å². The van der Waals surface area contributed by atoms with Crippen molar-refractivity contribution in [3.05, 3.63) is 35.9 Å². The number of esters is 1. The van der Waals surface area contributed by atoms with Crippen LogP contribution in [0.25, 0.3) is 0 Å². The summed E-state index contributed by atoms with van der Waals surface area (Å²) in [5.41, 5.74) is 0.924. The van der Waals surface area contributed by atoms with E-state index < -0.39 is 29.3 Å². The molecule has 19 heavy (non-hydrogen) atoms. The van der Waals surface area contributed by atoms with E-state index in [1.54, 1.807) is 0 Å². The van der Waals surface area contributed by atoms with Gasteiger partial charge in [-0.3, -0.25) is 4.79 Å². The lowest BCUT2D eigenvalue weighted by Gasteiger charge is -2.28.